The van der Waals surface area contributed by atoms with E-state index in [4.69, 9.17) is 14.0 Å². The summed E-state index contributed by atoms with van der Waals surface area (Å²) in [6.45, 7) is 11.0. The van der Waals surface area contributed by atoms with Gasteiger partial charge in [0.25, 0.3) is 0 Å². The molecule has 1 atom stereocenters. The Balaban J connectivity index is 2.15. The van der Waals surface area contributed by atoms with Gasteiger partial charge in [-0.05, 0) is 29.3 Å². The minimum Gasteiger partial charge on any atom is -0.443 e. The minimum atomic E-state index is -2.38. The highest BCUT2D eigenvalue weighted by Crippen LogP contribution is 2.37. The molecule has 1 unspecified atom stereocenters. The van der Waals surface area contributed by atoms with E-state index in [-0.39, 0.29) is 24.7 Å². The number of amides is 1. The average Bonchev–Trinajstić information content (AvgIpc) is 2.76. The summed E-state index contributed by atoms with van der Waals surface area (Å²) >= 11 is 0. The van der Waals surface area contributed by atoms with Crippen LogP contribution in [0.2, 0.25) is 18.1 Å². The van der Waals surface area contributed by atoms with Crippen LogP contribution in [0.15, 0.2) is 60.7 Å². The maximum Gasteiger partial charge on any atom is 0.433 e. The van der Waals surface area contributed by atoms with Crippen LogP contribution in [0.3, 0.4) is 0 Å². The molecule has 0 aromatic heterocycles. The van der Waals surface area contributed by atoms with Gasteiger partial charge in [-0.2, -0.15) is 5.06 Å². The maximum atomic E-state index is 13.1. The zero-order valence-electron chi connectivity index (χ0n) is 19.7. The van der Waals surface area contributed by atoms with E-state index >= 15 is 0 Å². The standard InChI is InChI=1S/C25H35NO5Si/c1-25(2,3)32(4,5)31-26(24(28)30-19-22-14-10-7-11-15-22)23(16-17-27)20-29-18-21-12-8-6-9-13-21/h6-15,17,23H,16,18-20H2,1-5H3. The lowest BCUT2D eigenvalue weighted by Gasteiger charge is -2.41. The molecule has 0 bridgehead atoms. The average molecular weight is 458 g/mol. The Labute approximate surface area is 192 Å². The molecule has 0 N–H and O–H groups in total. The second-order valence-corrected chi connectivity index (χ2v) is 14.0. The molecule has 0 spiro atoms. The summed E-state index contributed by atoms with van der Waals surface area (Å²) in [5.74, 6) is 0. The van der Waals surface area contributed by atoms with Gasteiger partial charge in [0, 0.05) is 6.42 Å². The molecule has 0 aliphatic rings. The number of hydrogen-bond donors (Lipinski definition) is 0. The van der Waals surface area contributed by atoms with Gasteiger partial charge >= 0.3 is 6.09 Å². The molecule has 0 aliphatic carbocycles. The summed E-state index contributed by atoms with van der Waals surface area (Å²) < 4.78 is 17.7. The van der Waals surface area contributed by atoms with E-state index in [1.807, 2.05) is 73.8 Å². The molecular weight excluding hydrogens is 422 g/mol. The molecule has 2 rings (SSSR count). The highest BCUT2D eigenvalue weighted by molar-refractivity contribution is 6.74. The fourth-order valence-corrected chi connectivity index (χ4v) is 3.65. The Hall–Kier alpha value is -2.48. The summed E-state index contributed by atoms with van der Waals surface area (Å²) in [7, 11) is -2.38. The number of carbonyl (C=O) groups excluding carboxylic acids is 2. The monoisotopic (exact) mass is 457 g/mol. The third-order valence-electron chi connectivity index (χ3n) is 5.64. The molecule has 0 radical (unpaired) electrons. The third-order valence-corrected chi connectivity index (χ3v) is 9.91. The summed E-state index contributed by atoms with van der Waals surface area (Å²) in [6, 6.07) is 18.6. The topological polar surface area (TPSA) is 65.1 Å². The number of aldehydes is 1. The van der Waals surface area contributed by atoms with E-state index in [2.05, 4.69) is 20.8 Å². The fourth-order valence-electron chi connectivity index (χ4n) is 2.66. The molecule has 0 heterocycles. The molecule has 2 aromatic carbocycles. The first-order valence-corrected chi connectivity index (χ1v) is 13.8. The molecule has 0 saturated carbocycles. The molecule has 174 valence electrons. The van der Waals surface area contributed by atoms with Gasteiger partial charge in [0.05, 0.1) is 19.3 Å². The predicted molar refractivity (Wildman–Crippen MR) is 127 cm³/mol. The quantitative estimate of drug-likeness (QED) is 0.245. The van der Waals surface area contributed by atoms with Crippen molar-refractivity contribution in [3.05, 3.63) is 71.8 Å². The Morgan fingerprint density at radius 1 is 0.969 bits per heavy atom. The van der Waals surface area contributed by atoms with Crippen molar-refractivity contribution < 1.29 is 23.6 Å². The molecule has 6 nitrogen and oxygen atoms in total. The van der Waals surface area contributed by atoms with E-state index in [0.717, 1.165) is 17.4 Å². The number of ether oxygens (including phenoxy) is 2. The van der Waals surface area contributed by atoms with Crippen molar-refractivity contribution in [3.8, 4) is 0 Å². The van der Waals surface area contributed by atoms with Crippen molar-refractivity contribution in [2.75, 3.05) is 6.61 Å². The van der Waals surface area contributed by atoms with E-state index in [9.17, 15) is 9.59 Å². The van der Waals surface area contributed by atoms with Crippen LogP contribution in [-0.4, -0.2) is 38.4 Å². The molecule has 7 heteroatoms. The Bertz CT molecular complexity index is 836. The van der Waals surface area contributed by atoms with E-state index in [0.29, 0.717) is 6.61 Å². The molecule has 0 aliphatic heterocycles. The first-order chi connectivity index (χ1) is 15.1. The van der Waals surface area contributed by atoms with Crippen molar-refractivity contribution in [1.82, 2.24) is 5.06 Å². The largest absolute Gasteiger partial charge is 0.443 e. The lowest BCUT2D eigenvalue weighted by atomic mass is 10.2. The van der Waals surface area contributed by atoms with Gasteiger partial charge in [0.15, 0.2) is 0 Å². The van der Waals surface area contributed by atoms with Crippen LogP contribution < -0.4 is 0 Å². The smallest absolute Gasteiger partial charge is 0.433 e. The predicted octanol–water partition coefficient (Wildman–Crippen LogP) is 5.74. The lowest BCUT2D eigenvalue weighted by molar-refractivity contribution is -0.124. The molecule has 1 amide bonds. The summed E-state index contributed by atoms with van der Waals surface area (Å²) in [4.78, 5) is 24.5. The van der Waals surface area contributed by atoms with Crippen molar-refractivity contribution in [2.24, 2.45) is 0 Å². The second-order valence-electron chi connectivity index (χ2n) is 9.27. The fraction of sp³-hybridized carbons (Fsp3) is 0.440. The Morgan fingerprint density at radius 3 is 2.00 bits per heavy atom. The number of rotatable bonds is 11. The van der Waals surface area contributed by atoms with Crippen LogP contribution in [0.25, 0.3) is 0 Å². The number of hydroxylamine groups is 2. The van der Waals surface area contributed by atoms with Gasteiger partial charge in [-0.1, -0.05) is 81.4 Å². The van der Waals surface area contributed by atoms with E-state index in [1.54, 1.807) is 0 Å². The maximum absolute atomic E-state index is 13.1. The van der Waals surface area contributed by atoms with Crippen molar-refractivity contribution >= 4 is 20.7 Å². The highest BCUT2D eigenvalue weighted by Gasteiger charge is 2.43. The molecule has 0 fully saturated rings. The molecule has 0 saturated heterocycles. The third kappa shape index (κ3) is 7.89. The van der Waals surface area contributed by atoms with Gasteiger partial charge in [-0.3, -0.25) is 0 Å². The number of hydrogen-bond acceptors (Lipinski definition) is 5. The number of benzene rings is 2. The minimum absolute atomic E-state index is 0.0872. The molecule has 2 aromatic rings. The van der Waals surface area contributed by atoms with Crippen LogP contribution in [0.5, 0.6) is 0 Å². The summed E-state index contributed by atoms with van der Waals surface area (Å²) in [5, 5.41) is 1.10. The summed E-state index contributed by atoms with van der Waals surface area (Å²) in [5.41, 5.74) is 1.89. The molecular formula is C25H35NO5Si. The van der Waals surface area contributed by atoms with E-state index < -0.39 is 20.5 Å². The highest BCUT2D eigenvalue weighted by atomic mass is 28.4. The second kappa shape index (κ2) is 11.9. The first kappa shape index (κ1) is 25.8. The van der Waals surface area contributed by atoms with Gasteiger partial charge < -0.3 is 18.8 Å². The van der Waals surface area contributed by atoms with Crippen LogP contribution in [0.1, 0.15) is 38.3 Å². The normalized spacial score (nSPS) is 12.8. The zero-order valence-corrected chi connectivity index (χ0v) is 20.7. The van der Waals surface area contributed by atoms with Gasteiger partial charge in [-0.25, -0.2) is 4.79 Å². The number of carbonyl (C=O) groups is 2. The number of nitrogens with zero attached hydrogens (tertiary/aromatic N) is 1. The van der Waals surface area contributed by atoms with E-state index in [1.165, 1.54) is 5.06 Å². The van der Waals surface area contributed by atoms with Gasteiger partial charge in [-0.15, -0.1) is 0 Å². The van der Waals surface area contributed by atoms with Crippen molar-refractivity contribution in [2.45, 2.75) is 64.6 Å². The Morgan fingerprint density at radius 2 is 1.50 bits per heavy atom. The van der Waals surface area contributed by atoms with Crippen molar-refractivity contribution in [3.63, 3.8) is 0 Å². The summed E-state index contributed by atoms with van der Waals surface area (Å²) in [6.07, 6.45) is 0.251. The Kier molecular flexibility index (Phi) is 9.62. The van der Waals surface area contributed by atoms with Crippen LogP contribution in [-0.2, 0) is 32.0 Å². The van der Waals surface area contributed by atoms with Crippen LogP contribution in [0, 0.1) is 0 Å². The molecule has 32 heavy (non-hydrogen) atoms. The lowest BCUT2D eigenvalue weighted by Crippen LogP contribution is -2.53. The SMILES string of the molecule is CC(C)(C)[Si](C)(C)ON(C(=O)OCc1ccccc1)C(CC=O)COCc1ccccc1. The first-order valence-electron chi connectivity index (χ1n) is 10.9. The van der Waals surface area contributed by atoms with Crippen molar-refractivity contribution in [1.29, 1.82) is 0 Å². The van der Waals surface area contributed by atoms with Crippen LogP contribution in [0.4, 0.5) is 4.79 Å². The zero-order chi connectivity index (χ0) is 23.6. The van der Waals surface area contributed by atoms with Gasteiger partial charge in [0.2, 0.25) is 8.32 Å². The van der Waals surface area contributed by atoms with Gasteiger partial charge in [0.1, 0.15) is 12.9 Å². The van der Waals surface area contributed by atoms with Crippen LogP contribution >= 0.6 is 0 Å².